The number of carbonyl (C=O) groups is 1. The predicted molar refractivity (Wildman–Crippen MR) is 48.9 cm³/mol. The van der Waals surface area contributed by atoms with Gasteiger partial charge in [0.15, 0.2) is 0 Å². The average Bonchev–Trinajstić information content (AvgIpc) is 1.99. The van der Waals surface area contributed by atoms with Crippen molar-refractivity contribution in [3.05, 3.63) is 23.4 Å². The molecule has 2 nitrogen and oxygen atoms in total. The molecule has 0 N–H and O–H groups in total. The Morgan fingerprint density at radius 1 is 1.55 bits per heavy atom. The average molecular weight is 170 g/mol. The standard InChI is InChI=1S/C8H14O2Si/c1-5-7(4)11-10-8(9)6(2)3/h5H,2,11H2,1,3-4H3/b7-5-. The monoisotopic (exact) mass is 170 g/mol. The van der Waals surface area contributed by atoms with E-state index in [1.165, 1.54) is 5.20 Å². The molecule has 0 amide bonds. The SMILES string of the molecule is C=C(C)C(=O)O[SiH2]/C(C)=C\C. The lowest BCUT2D eigenvalue weighted by Gasteiger charge is -2.02. The normalized spacial score (nSPS) is 12.1. The number of hydrogen-bond donors (Lipinski definition) is 0. The zero-order valence-corrected chi connectivity index (χ0v) is 8.72. The fourth-order valence-electron chi connectivity index (χ4n) is 0.386. The summed E-state index contributed by atoms with van der Waals surface area (Å²) in [4.78, 5) is 10.8. The topological polar surface area (TPSA) is 26.3 Å². The van der Waals surface area contributed by atoms with E-state index in [2.05, 4.69) is 6.58 Å². The number of carbonyl (C=O) groups excluding carboxylic acids is 1. The minimum absolute atomic E-state index is 0.266. The van der Waals surface area contributed by atoms with Crippen LogP contribution in [0.5, 0.6) is 0 Å². The first kappa shape index (κ1) is 10.2. The molecular weight excluding hydrogens is 156 g/mol. The number of hydrogen-bond acceptors (Lipinski definition) is 2. The van der Waals surface area contributed by atoms with Gasteiger partial charge in [-0.1, -0.05) is 17.9 Å². The molecule has 0 spiro atoms. The molecule has 0 radical (unpaired) electrons. The summed E-state index contributed by atoms with van der Waals surface area (Å²) in [5, 5.41) is 1.18. The minimum Gasteiger partial charge on any atom is -0.518 e. The summed E-state index contributed by atoms with van der Waals surface area (Å²) in [5.74, 6) is -0.266. The second kappa shape index (κ2) is 4.90. The summed E-state index contributed by atoms with van der Waals surface area (Å²) >= 11 is 0. The van der Waals surface area contributed by atoms with Gasteiger partial charge in [-0.15, -0.1) is 0 Å². The van der Waals surface area contributed by atoms with Crippen molar-refractivity contribution in [2.75, 3.05) is 0 Å². The molecule has 11 heavy (non-hydrogen) atoms. The molecule has 0 bridgehead atoms. The fourth-order valence-corrected chi connectivity index (χ4v) is 1.16. The van der Waals surface area contributed by atoms with Crippen molar-refractivity contribution in [1.82, 2.24) is 0 Å². The Balaban J connectivity index is 3.72. The van der Waals surface area contributed by atoms with Crippen molar-refractivity contribution < 1.29 is 9.22 Å². The van der Waals surface area contributed by atoms with Crippen LogP contribution in [0, 0.1) is 0 Å². The van der Waals surface area contributed by atoms with Crippen molar-refractivity contribution >= 4 is 15.7 Å². The third-order valence-electron chi connectivity index (χ3n) is 1.27. The van der Waals surface area contributed by atoms with Crippen LogP contribution in [-0.2, 0) is 9.22 Å². The van der Waals surface area contributed by atoms with Gasteiger partial charge < -0.3 is 4.43 Å². The zero-order chi connectivity index (χ0) is 8.85. The van der Waals surface area contributed by atoms with E-state index in [0.717, 1.165) is 0 Å². The maximum atomic E-state index is 10.8. The maximum Gasteiger partial charge on any atom is 0.319 e. The molecule has 0 aliphatic rings. The van der Waals surface area contributed by atoms with Crippen LogP contribution in [0.2, 0.25) is 0 Å². The highest BCUT2D eigenvalue weighted by atomic mass is 28.2. The van der Waals surface area contributed by atoms with Crippen molar-refractivity contribution in [3.63, 3.8) is 0 Å². The highest BCUT2D eigenvalue weighted by molar-refractivity contribution is 6.40. The Bertz CT molecular complexity index is 194. The molecule has 0 aromatic rings. The van der Waals surface area contributed by atoms with E-state index in [1.54, 1.807) is 6.92 Å². The third-order valence-corrected chi connectivity index (χ3v) is 2.54. The first-order valence-corrected chi connectivity index (χ1v) is 4.80. The van der Waals surface area contributed by atoms with Gasteiger partial charge in [0.05, 0.1) is 0 Å². The maximum absolute atomic E-state index is 10.8. The molecule has 3 heteroatoms. The molecular formula is C8H14O2Si. The van der Waals surface area contributed by atoms with Gasteiger partial charge in [0.2, 0.25) is 0 Å². The minimum atomic E-state index is -0.804. The third kappa shape index (κ3) is 4.56. The van der Waals surface area contributed by atoms with Crippen LogP contribution >= 0.6 is 0 Å². The van der Waals surface area contributed by atoms with Gasteiger partial charge in [0.1, 0.15) is 0 Å². The van der Waals surface area contributed by atoms with E-state index in [4.69, 9.17) is 4.43 Å². The second-order valence-corrected chi connectivity index (χ2v) is 4.18. The molecule has 0 saturated heterocycles. The van der Waals surface area contributed by atoms with E-state index in [1.807, 2.05) is 19.9 Å². The fraction of sp³-hybridized carbons (Fsp3) is 0.375. The molecule has 0 saturated carbocycles. The molecule has 0 heterocycles. The summed E-state index contributed by atoms with van der Waals surface area (Å²) in [5.41, 5.74) is 0.474. The van der Waals surface area contributed by atoms with Crippen LogP contribution < -0.4 is 0 Å². The molecule has 0 unspecified atom stereocenters. The van der Waals surface area contributed by atoms with Gasteiger partial charge in [-0.2, -0.15) is 0 Å². The largest absolute Gasteiger partial charge is 0.518 e. The van der Waals surface area contributed by atoms with Gasteiger partial charge in [-0.25, -0.2) is 4.79 Å². The summed E-state index contributed by atoms with van der Waals surface area (Å²) in [6.45, 7) is 9.05. The lowest BCUT2D eigenvalue weighted by molar-refractivity contribution is -0.129. The quantitative estimate of drug-likeness (QED) is 0.468. The predicted octanol–water partition coefficient (Wildman–Crippen LogP) is 1.11. The Labute approximate surface area is 69.9 Å². The molecule has 0 rings (SSSR count). The van der Waals surface area contributed by atoms with Gasteiger partial charge in [-0.05, 0) is 20.8 Å². The molecule has 0 aromatic carbocycles. The Morgan fingerprint density at radius 3 is 2.45 bits per heavy atom. The van der Waals surface area contributed by atoms with Gasteiger partial charge >= 0.3 is 5.97 Å². The van der Waals surface area contributed by atoms with Crippen molar-refractivity contribution in [2.24, 2.45) is 0 Å². The summed E-state index contributed by atoms with van der Waals surface area (Å²) < 4.78 is 4.99. The molecule has 62 valence electrons. The van der Waals surface area contributed by atoms with Crippen molar-refractivity contribution in [3.8, 4) is 0 Å². The van der Waals surface area contributed by atoms with Gasteiger partial charge in [0.25, 0.3) is 9.76 Å². The van der Waals surface area contributed by atoms with Crippen molar-refractivity contribution in [1.29, 1.82) is 0 Å². The Kier molecular flexibility index (Phi) is 4.53. The molecule has 0 fully saturated rings. The number of rotatable bonds is 3. The number of allylic oxidation sites excluding steroid dienone is 2. The van der Waals surface area contributed by atoms with Crippen LogP contribution in [0.25, 0.3) is 0 Å². The first-order chi connectivity index (χ1) is 5.07. The summed E-state index contributed by atoms with van der Waals surface area (Å²) in [6, 6.07) is 0. The van der Waals surface area contributed by atoms with E-state index in [-0.39, 0.29) is 5.97 Å². The van der Waals surface area contributed by atoms with E-state index < -0.39 is 9.76 Å². The molecule has 0 aliphatic heterocycles. The molecule has 0 atom stereocenters. The van der Waals surface area contributed by atoms with Gasteiger partial charge in [-0.3, -0.25) is 0 Å². The van der Waals surface area contributed by atoms with E-state index in [0.29, 0.717) is 5.57 Å². The molecule has 0 aromatic heterocycles. The van der Waals surface area contributed by atoms with Crippen LogP contribution in [0.4, 0.5) is 0 Å². The molecule has 0 aliphatic carbocycles. The highest BCUT2D eigenvalue weighted by Gasteiger charge is 2.01. The smallest absolute Gasteiger partial charge is 0.319 e. The summed E-state index contributed by atoms with van der Waals surface area (Å²) in [6.07, 6.45) is 1.97. The second-order valence-electron chi connectivity index (χ2n) is 2.49. The van der Waals surface area contributed by atoms with E-state index in [9.17, 15) is 4.79 Å². The van der Waals surface area contributed by atoms with Gasteiger partial charge in [0, 0.05) is 5.57 Å². The lowest BCUT2D eigenvalue weighted by atomic mass is 10.4. The van der Waals surface area contributed by atoms with Crippen molar-refractivity contribution in [2.45, 2.75) is 20.8 Å². The zero-order valence-electron chi connectivity index (χ0n) is 7.31. The van der Waals surface area contributed by atoms with Crippen LogP contribution in [-0.4, -0.2) is 15.7 Å². The lowest BCUT2D eigenvalue weighted by Crippen LogP contribution is -2.09. The summed E-state index contributed by atoms with van der Waals surface area (Å²) in [7, 11) is -0.804. The van der Waals surface area contributed by atoms with Crippen LogP contribution in [0.1, 0.15) is 20.8 Å². The Morgan fingerprint density at radius 2 is 2.09 bits per heavy atom. The van der Waals surface area contributed by atoms with Crippen LogP contribution in [0.15, 0.2) is 23.4 Å². The van der Waals surface area contributed by atoms with Crippen LogP contribution in [0.3, 0.4) is 0 Å². The highest BCUT2D eigenvalue weighted by Crippen LogP contribution is 1.94. The Hall–Kier alpha value is -0.833. The first-order valence-electron chi connectivity index (χ1n) is 3.52. The van der Waals surface area contributed by atoms with E-state index >= 15 is 0 Å².